The van der Waals surface area contributed by atoms with Crippen molar-refractivity contribution in [2.75, 3.05) is 0 Å². The summed E-state index contributed by atoms with van der Waals surface area (Å²) in [6.45, 7) is 3.60. The van der Waals surface area contributed by atoms with Crippen LogP contribution in [0.5, 0.6) is 0 Å². The van der Waals surface area contributed by atoms with E-state index in [0.717, 1.165) is 5.56 Å². The standard InChI is InChI=1S/C11H14N4O2/c1-6-3-7(2)9(10(16)17)4-8(6)5-14-15-11(12)13/h3-5H,1-2H3,(H,16,17)(H4,12,13,15). The molecule has 0 spiro atoms. The van der Waals surface area contributed by atoms with Gasteiger partial charge in [-0.3, -0.25) is 0 Å². The summed E-state index contributed by atoms with van der Waals surface area (Å²) in [5, 5.41) is 16.1. The van der Waals surface area contributed by atoms with Crippen molar-refractivity contribution >= 4 is 18.1 Å². The lowest BCUT2D eigenvalue weighted by molar-refractivity contribution is 0.0696. The molecular formula is C11H14N4O2. The van der Waals surface area contributed by atoms with Crippen molar-refractivity contribution in [2.45, 2.75) is 13.8 Å². The van der Waals surface area contributed by atoms with Gasteiger partial charge in [0.05, 0.1) is 11.8 Å². The number of carboxylic acids is 1. The first-order valence-electron chi connectivity index (χ1n) is 4.88. The van der Waals surface area contributed by atoms with Gasteiger partial charge < -0.3 is 16.6 Å². The largest absolute Gasteiger partial charge is 0.478 e. The second-order valence-corrected chi connectivity index (χ2v) is 3.60. The minimum Gasteiger partial charge on any atom is -0.478 e. The number of guanidine groups is 1. The number of nitrogens with zero attached hydrogens (tertiary/aromatic N) is 2. The summed E-state index contributed by atoms with van der Waals surface area (Å²) in [6.07, 6.45) is 1.42. The minimum absolute atomic E-state index is 0.149. The molecule has 0 saturated carbocycles. The first-order valence-corrected chi connectivity index (χ1v) is 4.88. The predicted octanol–water partition coefficient (Wildman–Crippen LogP) is 0.609. The van der Waals surface area contributed by atoms with Gasteiger partial charge in [-0.05, 0) is 36.6 Å². The average molecular weight is 234 g/mol. The molecule has 6 heteroatoms. The summed E-state index contributed by atoms with van der Waals surface area (Å²) in [5.74, 6) is -1.12. The molecule has 1 aromatic carbocycles. The molecule has 0 aromatic heterocycles. The third kappa shape index (κ3) is 3.30. The fourth-order valence-electron chi connectivity index (χ4n) is 1.40. The van der Waals surface area contributed by atoms with Gasteiger partial charge in [0.1, 0.15) is 0 Å². The molecule has 90 valence electrons. The zero-order chi connectivity index (χ0) is 13.0. The molecule has 1 rings (SSSR count). The summed E-state index contributed by atoms with van der Waals surface area (Å²) in [6, 6.07) is 3.32. The fraction of sp³-hybridized carbons (Fsp3) is 0.182. The third-order valence-corrected chi connectivity index (χ3v) is 2.21. The molecule has 6 nitrogen and oxygen atoms in total. The smallest absolute Gasteiger partial charge is 0.335 e. The normalized spacial score (nSPS) is 10.5. The molecule has 0 unspecified atom stereocenters. The maximum absolute atomic E-state index is 11.0. The Morgan fingerprint density at radius 2 is 1.94 bits per heavy atom. The van der Waals surface area contributed by atoms with E-state index in [1.807, 2.05) is 6.92 Å². The number of carboxylic acid groups (broad SMARTS) is 1. The molecule has 0 fully saturated rings. The SMILES string of the molecule is Cc1cc(C)c(C(=O)O)cc1C=NN=C(N)N. The number of nitrogens with two attached hydrogens (primary N) is 2. The minimum atomic E-state index is -0.973. The molecule has 0 amide bonds. The van der Waals surface area contributed by atoms with E-state index in [4.69, 9.17) is 16.6 Å². The Morgan fingerprint density at radius 1 is 1.29 bits per heavy atom. The first-order chi connectivity index (χ1) is 7.91. The summed E-state index contributed by atoms with van der Waals surface area (Å²) in [4.78, 5) is 11.0. The van der Waals surface area contributed by atoms with Gasteiger partial charge >= 0.3 is 5.97 Å². The quantitative estimate of drug-likeness (QED) is 0.403. The van der Waals surface area contributed by atoms with E-state index in [1.165, 1.54) is 6.21 Å². The molecule has 0 bridgehead atoms. The molecule has 1 aromatic rings. The lowest BCUT2D eigenvalue weighted by atomic mass is 10.0. The Balaban J connectivity index is 3.17. The van der Waals surface area contributed by atoms with Gasteiger partial charge in [-0.25, -0.2) is 4.79 Å². The zero-order valence-corrected chi connectivity index (χ0v) is 9.64. The van der Waals surface area contributed by atoms with Gasteiger partial charge in [0, 0.05) is 0 Å². The van der Waals surface area contributed by atoms with E-state index in [-0.39, 0.29) is 11.5 Å². The van der Waals surface area contributed by atoms with Gasteiger partial charge in [0.25, 0.3) is 0 Å². The molecule has 5 N–H and O–H groups in total. The summed E-state index contributed by atoms with van der Waals surface area (Å²) in [5.41, 5.74) is 12.7. The predicted molar refractivity (Wildman–Crippen MR) is 66.3 cm³/mol. The van der Waals surface area contributed by atoms with Crippen molar-refractivity contribution in [2.24, 2.45) is 21.7 Å². The number of aromatic carboxylic acids is 1. The Morgan fingerprint density at radius 3 is 2.47 bits per heavy atom. The second kappa shape index (κ2) is 5.11. The van der Waals surface area contributed by atoms with Gasteiger partial charge in [-0.15, -0.1) is 5.10 Å². The van der Waals surface area contributed by atoms with Gasteiger partial charge in [0.15, 0.2) is 0 Å². The number of hydrogen-bond acceptors (Lipinski definition) is 3. The third-order valence-electron chi connectivity index (χ3n) is 2.21. The van der Waals surface area contributed by atoms with E-state index in [1.54, 1.807) is 19.1 Å². The molecule has 17 heavy (non-hydrogen) atoms. The van der Waals surface area contributed by atoms with Crippen molar-refractivity contribution in [3.63, 3.8) is 0 Å². The average Bonchev–Trinajstić information content (AvgIpc) is 2.20. The van der Waals surface area contributed by atoms with Crippen LogP contribution in [0.3, 0.4) is 0 Å². The number of aryl methyl sites for hydroxylation is 2. The highest BCUT2D eigenvalue weighted by Crippen LogP contribution is 2.14. The van der Waals surface area contributed by atoms with Crippen LogP contribution in [0.2, 0.25) is 0 Å². The highest BCUT2D eigenvalue weighted by atomic mass is 16.4. The Hall–Kier alpha value is -2.37. The van der Waals surface area contributed by atoms with Crippen LogP contribution in [0.15, 0.2) is 22.3 Å². The van der Waals surface area contributed by atoms with Crippen LogP contribution in [0.4, 0.5) is 0 Å². The number of benzene rings is 1. The maximum Gasteiger partial charge on any atom is 0.335 e. The number of hydrogen-bond donors (Lipinski definition) is 3. The monoisotopic (exact) mass is 234 g/mol. The van der Waals surface area contributed by atoms with Crippen LogP contribution in [0.1, 0.15) is 27.0 Å². The zero-order valence-electron chi connectivity index (χ0n) is 9.64. The summed E-state index contributed by atoms with van der Waals surface area (Å²) >= 11 is 0. The van der Waals surface area contributed by atoms with Crippen LogP contribution < -0.4 is 11.5 Å². The molecule has 0 aliphatic heterocycles. The van der Waals surface area contributed by atoms with Crippen molar-refractivity contribution in [1.82, 2.24) is 0 Å². The first kappa shape index (κ1) is 12.7. The van der Waals surface area contributed by atoms with Crippen molar-refractivity contribution in [1.29, 1.82) is 0 Å². The topological polar surface area (TPSA) is 114 Å². The van der Waals surface area contributed by atoms with E-state index in [2.05, 4.69) is 10.2 Å². The van der Waals surface area contributed by atoms with E-state index in [9.17, 15) is 4.79 Å². The van der Waals surface area contributed by atoms with Crippen molar-refractivity contribution < 1.29 is 9.90 Å². The lowest BCUT2D eigenvalue weighted by Crippen LogP contribution is -2.21. The van der Waals surface area contributed by atoms with E-state index >= 15 is 0 Å². The Labute approximate surface area is 98.7 Å². The number of rotatable bonds is 3. The maximum atomic E-state index is 11.0. The van der Waals surface area contributed by atoms with Gasteiger partial charge in [0.2, 0.25) is 5.96 Å². The van der Waals surface area contributed by atoms with Crippen LogP contribution >= 0.6 is 0 Å². The summed E-state index contributed by atoms with van der Waals surface area (Å²) in [7, 11) is 0. The Bertz CT molecular complexity index is 502. The van der Waals surface area contributed by atoms with Crippen LogP contribution in [-0.4, -0.2) is 23.2 Å². The highest BCUT2D eigenvalue weighted by molar-refractivity contribution is 5.93. The lowest BCUT2D eigenvalue weighted by Gasteiger charge is -2.05. The molecule has 0 heterocycles. The van der Waals surface area contributed by atoms with Gasteiger partial charge in [-0.2, -0.15) is 5.10 Å². The molecular weight excluding hydrogens is 220 g/mol. The van der Waals surface area contributed by atoms with Crippen LogP contribution in [0.25, 0.3) is 0 Å². The van der Waals surface area contributed by atoms with E-state index < -0.39 is 5.97 Å². The van der Waals surface area contributed by atoms with Crippen LogP contribution in [-0.2, 0) is 0 Å². The molecule has 0 aliphatic rings. The highest BCUT2D eigenvalue weighted by Gasteiger charge is 2.09. The molecule has 0 radical (unpaired) electrons. The number of carbonyl (C=O) groups is 1. The Kier molecular flexibility index (Phi) is 3.82. The fourth-order valence-corrected chi connectivity index (χ4v) is 1.40. The van der Waals surface area contributed by atoms with Crippen molar-refractivity contribution in [3.05, 3.63) is 34.4 Å². The molecule has 0 aliphatic carbocycles. The van der Waals surface area contributed by atoms with Gasteiger partial charge in [-0.1, -0.05) is 6.07 Å². The summed E-state index contributed by atoms with van der Waals surface area (Å²) < 4.78 is 0. The molecule has 0 atom stereocenters. The van der Waals surface area contributed by atoms with Crippen molar-refractivity contribution in [3.8, 4) is 0 Å². The van der Waals surface area contributed by atoms with E-state index in [0.29, 0.717) is 11.1 Å². The van der Waals surface area contributed by atoms with Crippen LogP contribution in [0, 0.1) is 13.8 Å². The second-order valence-electron chi connectivity index (χ2n) is 3.60. The molecule has 0 saturated heterocycles.